The maximum atomic E-state index is 13.0. The van der Waals surface area contributed by atoms with E-state index < -0.39 is 16.4 Å². The maximum absolute atomic E-state index is 13.0. The Hall–Kier alpha value is -2.15. The van der Waals surface area contributed by atoms with Gasteiger partial charge in [-0.25, -0.2) is 4.39 Å². The van der Waals surface area contributed by atoms with E-state index in [2.05, 4.69) is 15.9 Å². The minimum Gasteiger partial charge on any atom is -0.496 e. The molecule has 0 amide bonds. The van der Waals surface area contributed by atoms with Crippen LogP contribution in [0.2, 0.25) is 0 Å². The summed E-state index contributed by atoms with van der Waals surface area (Å²) in [5.41, 5.74) is 0.392. The van der Waals surface area contributed by atoms with Crippen molar-refractivity contribution in [3.63, 3.8) is 0 Å². The summed E-state index contributed by atoms with van der Waals surface area (Å²) in [4.78, 5) is 10.2. The molecule has 110 valence electrons. The van der Waals surface area contributed by atoms with Crippen molar-refractivity contribution in [3.8, 4) is 11.5 Å². The normalized spacial score (nSPS) is 10.2. The Labute approximate surface area is 128 Å². The van der Waals surface area contributed by atoms with Gasteiger partial charge in [0.2, 0.25) is 0 Å². The number of nitro benzene ring substituents is 1. The Balaban J connectivity index is 2.16. The van der Waals surface area contributed by atoms with Gasteiger partial charge in [0.15, 0.2) is 5.75 Å². The van der Waals surface area contributed by atoms with Crippen LogP contribution in [-0.2, 0) is 6.61 Å². The Morgan fingerprint density at radius 1 is 1.24 bits per heavy atom. The molecule has 21 heavy (non-hydrogen) atoms. The fourth-order valence-corrected chi connectivity index (χ4v) is 2.30. The molecule has 0 aliphatic rings. The molecule has 0 fully saturated rings. The summed E-state index contributed by atoms with van der Waals surface area (Å²) in [7, 11) is 1.55. The third kappa shape index (κ3) is 3.69. The lowest BCUT2D eigenvalue weighted by Crippen LogP contribution is -2.00. The highest BCUT2D eigenvalue weighted by atomic mass is 79.9. The minimum atomic E-state index is -0.679. The second-order valence-electron chi connectivity index (χ2n) is 4.13. The lowest BCUT2D eigenvalue weighted by Gasteiger charge is -2.09. The highest BCUT2D eigenvalue weighted by Gasteiger charge is 2.16. The first-order valence-electron chi connectivity index (χ1n) is 5.90. The molecular formula is C14H11BrFNO4. The first-order valence-corrected chi connectivity index (χ1v) is 6.69. The van der Waals surface area contributed by atoms with Crippen LogP contribution in [0.25, 0.3) is 0 Å². The van der Waals surface area contributed by atoms with Crippen LogP contribution in [-0.4, -0.2) is 12.0 Å². The quantitative estimate of drug-likeness (QED) is 0.598. The number of hydrogen-bond acceptors (Lipinski definition) is 4. The van der Waals surface area contributed by atoms with Crippen molar-refractivity contribution in [1.82, 2.24) is 0 Å². The summed E-state index contributed by atoms with van der Waals surface area (Å²) in [5, 5.41) is 10.9. The second kappa shape index (κ2) is 6.53. The zero-order valence-corrected chi connectivity index (χ0v) is 12.6. The fourth-order valence-electron chi connectivity index (χ4n) is 1.72. The number of ether oxygens (including phenoxy) is 2. The molecule has 0 aliphatic heterocycles. The van der Waals surface area contributed by atoms with E-state index in [1.807, 2.05) is 0 Å². The molecule has 0 saturated carbocycles. The molecule has 0 aromatic heterocycles. The van der Waals surface area contributed by atoms with Crippen molar-refractivity contribution in [1.29, 1.82) is 0 Å². The van der Waals surface area contributed by atoms with Crippen molar-refractivity contribution in [2.24, 2.45) is 0 Å². The number of benzene rings is 2. The highest BCUT2D eigenvalue weighted by Crippen LogP contribution is 2.29. The van der Waals surface area contributed by atoms with Gasteiger partial charge in [0.05, 0.1) is 22.6 Å². The molecular weight excluding hydrogens is 345 g/mol. The molecule has 2 aromatic rings. The van der Waals surface area contributed by atoms with Crippen molar-refractivity contribution in [2.75, 3.05) is 7.11 Å². The molecule has 2 rings (SSSR count). The van der Waals surface area contributed by atoms with Gasteiger partial charge in [-0.2, -0.15) is 0 Å². The third-order valence-corrected chi connectivity index (χ3v) is 3.35. The van der Waals surface area contributed by atoms with E-state index >= 15 is 0 Å². The molecule has 0 atom stereocenters. The highest BCUT2D eigenvalue weighted by molar-refractivity contribution is 9.10. The zero-order valence-electron chi connectivity index (χ0n) is 11.0. The first kappa shape index (κ1) is 15.2. The summed E-state index contributed by atoms with van der Waals surface area (Å²) in [6.45, 7) is 0.120. The predicted molar refractivity (Wildman–Crippen MR) is 78.1 cm³/mol. The summed E-state index contributed by atoms with van der Waals surface area (Å²) in [6, 6.07) is 8.51. The lowest BCUT2D eigenvalue weighted by molar-refractivity contribution is -0.386. The van der Waals surface area contributed by atoms with Crippen LogP contribution in [0.15, 0.2) is 40.9 Å². The van der Waals surface area contributed by atoms with Crippen LogP contribution in [0.5, 0.6) is 11.5 Å². The average molecular weight is 356 g/mol. The van der Waals surface area contributed by atoms with Gasteiger partial charge in [-0.3, -0.25) is 10.1 Å². The van der Waals surface area contributed by atoms with E-state index in [9.17, 15) is 14.5 Å². The van der Waals surface area contributed by atoms with Crippen molar-refractivity contribution >= 4 is 21.6 Å². The van der Waals surface area contributed by atoms with Gasteiger partial charge in [-0.05, 0) is 45.8 Å². The number of nitrogens with zero attached hydrogens (tertiary/aromatic N) is 1. The van der Waals surface area contributed by atoms with E-state index in [0.29, 0.717) is 5.75 Å². The van der Waals surface area contributed by atoms with Crippen LogP contribution < -0.4 is 9.47 Å². The molecule has 0 bridgehead atoms. The number of hydrogen-bond donors (Lipinski definition) is 0. The summed E-state index contributed by atoms with van der Waals surface area (Å²) >= 11 is 3.34. The van der Waals surface area contributed by atoms with Gasteiger partial charge in [0, 0.05) is 0 Å². The van der Waals surface area contributed by atoms with Gasteiger partial charge in [0.25, 0.3) is 0 Å². The molecule has 2 aromatic carbocycles. The topological polar surface area (TPSA) is 61.6 Å². The maximum Gasteiger partial charge on any atom is 0.313 e. The summed E-state index contributed by atoms with van der Waals surface area (Å²) < 4.78 is 24.3. The molecule has 0 heterocycles. The van der Waals surface area contributed by atoms with E-state index in [1.54, 1.807) is 25.3 Å². The largest absolute Gasteiger partial charge is 0.496 e. The Bertz CT molecular complexity index is 678. The molecule has 7 heteroatoms. The minimum absolute atomic E-state index is 0.0216. The number of rotatable bonds is 5. The molecule has 0 radical (unpaired) electrons. The summed E-state index contributed by atoms with van der Waals surface area (Å²) in [6.07, 6.45) is 0. The monoisotopic (exact) mass is 355 g/mol. The average Bonchev–Trinajstić information content (AvgIpc) is 2.46. The molecule has 0 unspecified atom stereocenters. The molecule has 5 nitrogen and oxygen atoms in total. The second-order valence-corrected chi connectivity index (χ2v) is 4.98. The van der Waals surface area contributed by atoms with Gasteiger partial charge in [-0.1, -0.05) is 6.07 Å². The van der Waals surface area contributed by atoms with Crippen molar-refractivity contribution in [3.05, 3.63) is 62.4 Å². The number of halogens is 2. The van der Waals surface area contributed by atoms with Crippen molar-refractivity contribution < 1.29 is 18.8 Å². The third-order valence-electron chi connectivity index (χ3n) is 2.73. The molecule has 0 N–H and O–H groups in total. The standard InChI is InChI=1S/C14H11BrFNO4/c1-20-13-4-2-9(6-11(13)15)8-21-14-5-3-10(16)7-12(14)17(18)19/h2-7H,8H2,1H3. The van der Waals surface area contributed by atoms with Gasteiger partial charge in [-0.15, -0.1) is 0 Å². The smallest absolute Gasteiger partial charge is 0.313 e. The Kier molecular flexibility index (Phi) is 4.74. The van der Waals surface area contributed by atoms with Gasteiger partial charge < -0.3 is 9.47 Å². The Morgan fingerprint density at radius 2 is 1.95 bits per heavy atom. The fraction of sp³-hybridized carbons (Fsp3) is 0.143. The van der Waals surface area contributed by atoms with Crippen LogP contribution >= 0.6 is 15.9 Å². The predicted octanol–water partition coefficient (Wildman–Crippen LogP) is 4.08. The van der Waals surface area contributed by atoms with E-state index in [1.165, 1.54) is 6.07 Å². The molecule has 0 aliphatic carbocycles. The van der Waals surface area contributed by atoms with E-state index in [-0.39, 0.29) is 12.4 Å². The molecule has 0 saturated heterocycles. The Morgan fingerprint density at radius 3 is 2.57 bits per heavy atom. The van der Waals surface area contributed by atoms with Crippen LogP contribution in [0.4, 0.5) is 10.1 Å². The van der Waals surface area contributed by atoms with Crippen LogP contribution in [0.3, 0.4) is 0 Å². The van der Waals surface area contributed by atoms with Gasteiger partial charge >= 0.3 is 5.69 Å². The van der Waals surface area contributed by atoms with Gasteiger partial charge in [0.1, 0.15) is 18.2 Å². The van der Waals surface area contributed by atoms with Crippen LogP contribution in [0, 0.1) is 15.9 Å². The lowest BCUT2D eigenvalue weighted by atomic mass is 10.2. The summed E-state index contributed by atoms with van der Waals surface area (Å²) in [5.74, 6) is 0.0149. The first-order chi connectivity index (χ1) is 10.0. The molecule has 0 spiro atoms. The zero-order chi connectivity index (χ0) is 15.4. The van der Waals surface area contributed by atoms with Crippen LogP contribution in [0.1, 0.15) is 5.56 Å². The van der Waals surface area contributed by atoms with E-state index in [0.717, 1.165) is 22.2 Å². The van der Waals surface area contributed by atoms with E-state index in [4.69, 9.17) is 9.47 Å². The SMILES string of the molecule is COc1ccc(COc2ccc(F)cc2[N+](=O)[O-])cc1Br. The number of nitro groups is 1. The van der Waals surface area contributed by atoms with Crippen molar-refractivity contribution in [2.45, 2.75) is 6.61 Å². The number of methoxy groups -OCH3 is 1.